The second-order valence-electron chi connectivity index (χ2n) is 12.7. The zero-order chi connectivity index (χ0) is 32.3. The number of sulfonamides is 1. The predicted octanol–water partition coefficient (Wildman–Crippen LogP) is 5.65. The molecule has 2 atom stereocenters. The lowest BCUT2D eigenvalue weighted by Crippen LogP contribution is -2.35. The number of nitrogens with zero attached hydrogens (tertiary/aromatic N) is 5. The van der Waals surface area contributed by atoms with E-state index in [1.54, 1.807) is 46.3 Å². The van der Waals surface area contributed by atoms with Crippen molar-refractivity contribution in [2.45, 2.75) is 44.2 Å². The lowest BCUT2D eigenvalue weighted by atomic mass is 9.86. The van der Waals surface area contributed by atoms with Gasteiger partial charge >= 0.3 is 6.01 Å². The fourth-order valence-electron chi connectivity index (χ4n) is 7.03. The predicted molar refractivity (Wildman–Crippen MR) is 180 cm³/mol. The molecule has 1 aromatic heterocycles. The van der Waals surface area contributed by atoms with Crippen molar-refractivity contribution in [1.82, 2.24) is 19.2 Å². The first-order valence-corrected chi connectivity index (χ1v) is 17.3. The molecule has 10 heteroatoms. The number of methoxy groups -OCH3 is 1. The number of benzene rings is 3. The molecule has 242 valence electrons. The Kier molecular flexibility index (Phi) is 9.31. The van der Waals surface area contributed by atoms with Crippen molar-refractivity contribution in [3.63, 3.8) is 0 Å². The minimum absolute atomic E-state index is 0.0514. The van der Waals surface area contributed by atoms with E-state index in [1.165, 1.54) is 16.3 Å². The third kappa shape index (κ3) is 6.74. The van der Waals surface area contributed by atoms with E-state index in [2.05, 4.69) is 45.1 Å². The zero-order valence-corrected chi connectivity index (χ0v) is 27.9. The fraction of sp³-hybridized carbons (Fsp3) is 0.389. The second-order valence-corrected chi connectivity index (χ2v) is 14.6. The van der Waals surface area contributed by atoms with Crippen molar-refractivity contribution in [1.29, 1.82) is 0 Å². The molecular weight excluding hydrogens is 598 g/mol. The van der Waals surface area contributed by atoms with E-state index in [0.29, 0.717) is 16.9 Å². The molecule has 46 heavy (non-hydrogen) atoms. The zero-order valence-electron chi connectivity index (χ0n) is 27.1. The standard InChI is InChI=1S/C36H43N5O4S/c1-27-21-31(44-4)22-28(2)34(27)46(42,43)39(3)32(30-13-9-6-10-14-30)24-45-35-37-18-15-33(38-35)41-20-17-36(26-41)16-19-40(25-36)23-29-11-7-5-8-12-29/h5-15,18,21-22,32H,16-17,19-20,23-26H2,1-4H3. The quantitative estimate of drug-likeness (QED) is 0.208. The lowest BCUT2D eigenvalue weighted by Gasteiger charge is -2.29. The van der Waals surface area contributed by atoms with Crippen LogP contribution in [0.5, 0.6) is 11.8 Å². The SMILES string of the molecule is COc1cc(C)c(S(=O)(=O)N(C)C(COc2nccc(N3CCC4(CCN(Cc5ccccc5)C4)C3)n2)c2ccccc2)c(C)c1. The largest absolute Gasteiger partial charge is 0.497 e. The maximum absolute atomic E-state index is 14.1. The molecule has 6 rings (SSSR count). The highest BCUT2D eigenvalue weighted by molar-refractivity contribution is 7.89. The van der Waals surface area contributed by atoms with Crippen LogP contribution in [-0.2, 0) is 16.6 Å². The number of aryl methyl sites for hydroxylation is 2. The molecule has 2 unspecified atom stereocenters. The fourth-order valence-corrected chi connectivity index (χ4v) is 8.77. The second kappa shape index (κ2) is 13.4. The van der Waals surface area contributed by atoms with E-state index in [-0.39, 0.29) is 22.9 Å². The number of likely N-dealkylation sites (tertiary alicyclic amines) is 1. The van der Waals surface area contributed by atoms with Gasteiger partial charge in [0.2, 0.25) is 10.0 Å². The highest BCUT2D eigenvalue weighted by Crippen LogP contribution is 2.41. The molecule has 0 aliphatic carbocycles. The molecule has 0 N–H and O–H groups in total. The number of rotatable bonds is 11. The summed E-state index contributed by atoms with van der Waals surface area (Å²) >= 11 is 0. The Morgan fingerprint density at radius 3 is 2.30 bits per heavy atom. The highest BCUT2D eigenvalue weighted by Gasteiger charge is 2.43. The summed E-state index contributed by atoms with van der Waals surface area (Å²) in [5, 5.41) is 0. The van der Waals surface area contributed by atoms with Gasteiger partial charge in [-0.05, 0) is 73.7 Å². The van der Waals surface area contributed by atoms with Gasteiger partial charge in [-0.1, -0.05) is 60.7 Å². The van der Waals surface area contributed by atoms with Gasteiger partial charge in [-0.2, -0.15) is 9.29 Å². The number of likely N-dealkylation sites (N-methyl/N-ethyl adjacent to an activating group) is 1. The summed E-state index contributed by atoms with van der Waals surface area (Å²) in [7, 11) is -0.716. The van der Waals surface area contributed by atoms with Crippen LogP contribution < -0.4 is 14.4 Å². The van der Waals surface area contributed by atoms with E-state index in [1.807, 2.05) is 36.4 Å². The maximum atomic E-state index is 14.1. The topological polar surface area (TPSA) is 88.1 Å². The molecule has 0 saturated carbocycles. The first kappa shape index (κ1) is 32.0. The van der Waals surface area contributed by atoms with Crippen molar-refractivity contribution in [3.05, 3.63) is 107 Å². The van der Waals surface area contributed by atoms with Gasteiger partial charge in [0.15, 0.2) is 0 Å². The summed E-state index contributed by atoms with van der Waals surface area (Å²) in [6, 6.07) is 25.3. The molecule has 3 aromatic carbocycles. The van der Waals surface area contributed by atoms with Gasteiger partial charge in [-0.15, -0.1) is 0 Å². The van der Waals surface area contributed by atoms with Crippen molar-refractivity contribution in [3.8, 4) is 11.8 Å². The molecule has 0 bridgehead atoms. The Hall–Kier alpha value is -3.99. The van der Waals surface area contributed by atoms with Crippen LogP contribution in [0, 0.1) is 19.3 Å². The van der Waals surface area contributed by atoms with Crippen molar-refractivity contribution in [2.75, 3.05) is 51.8 Å². The van der Waals surface area contributed by atoms with Gasteiger partial charge in [-0.25, -0.2) is 13.4 Å². The molecular formula is C36H43N5O4S. The Bertz CT molecular complexity index is 1730. The molecule has 1 spiro atoms. The lowest BCUT2D eigenvalue weighted by molar-refractivity contribution is 0.209. The molecule has 0 radical (unpaired) electrons. The van der Waals surface area contributed by atoms with Crippen LogP contribution >= 0.6 is 0 Å². The number of anilines is 1. The van der Waals surface area contributed by atoms with Crippen LogP contribution in [-0.4, -0.2) is 74.5 Å². The van der Waals surface area contributed by atoms with Crippen LogP contribution in [0.3, 0.4) is 0 Å². The van der Waals surface area contributed by atoms with Gasteiger partial charge in [0.25, 0.3) is 0 Å². The van der Waals surface area contributed by atoms with Gasteiger partial charge < -0.3 is 14.4 Å². The van der Waals surface area contributed by atoms with Crippen molar-refractivity contribution in [2.24, 2.45) is 5.41 Å². The number of aromatic nitrogens is 2. The number of hydrogen-bond donors (Lipinski definition) is 0. The number of ether oxygens (including phenoxy) is 2. The molecule has 2 aliphatic rings. The Morgan fingerprint density at radius 2 is 1.61 bits per heavy atom. The summed E-state index contributed by atoms with van der Waals surface area (Å²) in [4.78, 5) is 14.4. The van der Waals surface area contributed by atoms with Gasteiger partial charge in [0.05, 0.1) is 18.0 Å². The Labute approximate surface area is 272 Å². The molecule has 4 aromatic rings. The van der Waals surface area contributed by atoms with E-state index in [0.717, 1.165) is 50.5 Å². The van der Waals surface area contributed by atoms with Crippen LogP contribution in [0.25, 0.3) is 0 Å². The van der Waals surface area contributed by atoms with Crippen molar-refractivity contribution >= 4 is 15.8 Å². The van der Waals surface area contributed by atoms with Gasteiger partial charge in [0, 0.05) is 44.8 Å². The summed E-state index contributed by atoms with van der Waals surface area (Å²) in [6.45, 7) is 8.69. The third-order valence-corrected chi connectivity index (χ3v) is 11.6. The molecule has 9 nitrogen and oxygen atoms in total. The van der Waals surface area contributed by atoms with E-state index in [4.69, 9.17) is 14.5 Å². The first-order chi connectivity index (χ1) is 22.2. The van der Waals surface area contributed by atoms with E-state index in [9.17, 15) is 8.42 Å². The molecule has 3 heterocycles. The first-order valence-electron chi connectivity index (χ1n) is 15.8. The molecule has 2 saturated heterocycles. The minimum atomic E-state index is -3.89. The number of hydrogen-bond acceptors (Lipinski definition) is 8. The smallest absolute Gasteiger partial charge is 0.318 e. The summed E-state index contributed by atoms with van der Waals surface area (Å²) in [5.74, 6) is 1.46. The minimum Gasteiger partial charge on any atom is -0.497 e. The van der Waals surface area contributed by atoms with Crippen LogP contribution in [0.2, 0.25) is 0 Å². The van der Waals surface area contributed by atoms with E-state index >= 15 is 0 Å². The Balaban J connectivity index is 1.16. The van der Waals surface area contributed by atoms with Crippen LogP contribution in [0.4, 0.5) is 5.82 Å². The van der Waals surface area contributed by atoms with Gasteiger partial charge in [0.1, 0.15) is 18.2 Å². The summed E-state index contributed by atoms with van der Waals surface area (Å²) < 4.78 is 41.1. The molecule has 2 aliphatic heterocycles. The average Bonchev–Trinajstić information content (AvgIpc) is 3.67. The summed E-state index contributed by atoms with van der Waals surface area (Å²) in [5.41, 5.74) is 3.68. The molecule has 2 fully saturated rings. The normalized spacial score (nSPS) is 19.2. The van der Waals surface area contributed by atoms with Gasteiger partial charge in [-0.3, -0.25) is 4.90 Å². The monoisotopic (exact) mass is 641 g/mol. The maximum Gasteiger partial charge on any atom is 0.318 e. The van der Waals surface area contributed by atoms with Crippen LogP contribution in [0.15, 0.2) is 90.0 Å². The van der Waals surface area contributed by atoms with E-state index < -0.39 is 16.1 Å². The third-order valence-electron chi connectivity index (χ3n) is 9.45. The summed E-state index contributed by atoms with van der Waals surface area (Å²) in [6.07, 6.45) is 4.03. The van der Waals surface area contributed by atoms with Crippen LogP contribution in [0.1, 0.15) is 41.1 Å². The highest BCUT2D eigenvalue weighted by atomic mass is 32.2. The van der Waals surface area contributed by atoms with Crippen molar-refractivity contribution < 1.29 is 17.9 Å². The molecule has 0 amide bonds. The average molecular weight is 642 g/mol. The Morgan fingerprint density at radius 1 is 0.935 bits per heavy atom.